The molecule has 1 rings (SSSR count). The number of halogens is 1. The van der Waals surface area contributed by atoms with Crippen molar-refractivity contribution in [3.63, 3.8) is 0 Å². The van der Waals surface area contributed by atoms with Gasteiger partial charge in [0.15, 0.2) is 0 Å². The Morgan fingerprint density at radius 1 is 1.38 bits per heavy atom. The van der Waals surface area contributed by atoms with E-state index in [2.05, 4.69) is 0 Å². The van der Waals surface area contributed by atoms with Gasteiger partial charge in [0.05, 0.1) is 25.2 Å². The van der Waals surface area contributed by atoms with Crippen molar-refractivity contribution < 1.29 is 19.7 Å². The van der Waals surface area contributed by atoms with Crippen molar-refractivity contribution >= 4 is 0 Å². The summed E-state index contributed by atoms with van der Waals surface area (Å²) >= 11 is 0. The van der Waals surface area contributed by atoms with Gasteiger partial charge < -0.3 is 15.3 Å². The Balaban J connectivity index is 2.92. The molecule has 0 bridgehead atoms. The maximum Gasteiger partial charge on any atom is 0.129 e. The first-order valence-electron chi connectivity index (χ1n) is 4.72. The highest BCUT2D eigenvalue weighted by molar-refractivity contribution is 5.26. The van der Waals surface area contributed by atoms with E-state index in [1.54, 1.807) is 6.07 Å². The molecule has 16 heavy (non-hydrogen) atoms. The van der Waals surface area contributed by atoms with Gasteiger partial charge in [-0.15, -0.1) is 0 Å². The zero-order valence-corrected chi connectivity index (χ0v) is 8.47. The fourth-order valence-corrected chi connectivity index (χ4v) is 1.32. The maximum atomic E-state index is 13.4. The molecule has 1 aromatic carbocycles. The van der Waals surface area contributed by atoms with Gasteiger partial charge >= 0.3 is 0 Å². The van der Waals surface area contributed by atoms with Gasteiger partial charge in [0.25, 0.3) is 0 Å². The Labute approximate surface area is 92.2 Å². The lowest BCUT2D eigenvalue weighted by Gasteiger charge is -2.16. The second-order valence-electron chi connectivity index (χ2n) is 3.39. The first-order valence-corrected chi connectivity index (χ1v) is 4.72. The minimum atomic E-state index is -1.44. The maximum absolute atomic E-state index is 13.4. The van der Waals surface area contributed by atoms with Crippen molar-refractivity contribution in [2.45, 2.75) is 25.2 Å². The van der Waals surface area contributed by atoms with E-state index in [-0.39, 0.29) is 18.6 Å². The Hall–Kier alpha value is -1.48. The quantitative estimate of drug-likeness (QED) is 0.701. The van der Waals surface area contributed by atoms with Crippen LogP contribution in [0.5, 0.6) is 0 Å². The minimum absolute atomic E-state index is 0.0834. The molecule has 86 valence electrons. The Morgan fingerprint density at radius 3 is 2.56 bits per heavy atom. The van der Waals surface area contributed by atoms with Crippen LogP contribution in [-0.4, -0.2) is 21.4 Å². The van der Waals surface area contributed by atoms with Gasteiger partial charge in [-0.05, 0) is 11.6 Å². The van der Waals surface area contributed by atoms with Crippen molar-refractivity contribution in [3.05, 3.63) is 35.1 Å². The molecule has 0 aliphatic heterocycles. The molecule has 0 heterocycles. The van der Waals surface area contributed by atoms with Crippen LogP contribution in [0.4, 0.5) is 4.39 Å². The van der Waals surface area contributed by atoms with Crippen molar-refractivity contribution in [2.24, 2.45) is 0 Å². The summed E-state index contributed by atoms with van der Waals surface area (Å²) in [5, 5.41) is 36.0. The molecule has 5 heteroatoms. The monoisotopic (exact) mass is 225 g/mol. The largest absolute Gasteiger partial charge is 0.392 e. The zero-order valence-electron chi connectivity index (χ0n) is 8.47. The van der Waals surface area contributed by atoms with Crippen LogP contribution in [0.25, 0.3) is 0 Å². The molecule has 0 radical (unpaired) electrons. The molecule has 0 aromatic heterocycles. The van der Waals surface area contributed by atoms with Crippen LogP contribution in [0.1, 0.15) is 23.7 Å². The molecular formula is C11H12FNO3. The molecule has 2 unspecified atom stereocenters. The Bertz CT molecular complexity index is 403. The lowest BCUT2D eigenvalue weighted by atomic mass is 10.0. The van der Waals surface area contributed by atoms with Crippen LogP contribution in [0.15, 0.2) is 18.2 Å². The smallest absolute Gasteiger partial charge is 0.129 e. The first kappa shape index (κ1) is 12.6. The molecular weight excluding hydrogens is 213 g/mol. The third kappa shape index (κ3) is 2.76. The number of nitrogens with zero attached hydrogens (tertiary/aromatic N) is 1. The van der Waals surface area contributed by atoms with Gasteiger partial charge in [-0.1, -0.05) is 12.1 Å². The molecule has 0 saturated heterocycles. The van der Waals surface area contributed by atoms with E-state index in [1.807, 2.05) is 0 Å². The van der Waals surface area contributed by atoms with E-state index >= 15 is 0 Å². The SMILES string of the molecule is N#CCC(O)C(O)c1ccc(CO)cc1F. The molecule has 0 amide bonds. The second kappa shape index (κ2) is 5.56. The molecule has 0 saturated carbocycles. The van der Waals surface area contributed by atoms with Crippen LogP contribution in [-0.2, 0) is 6.61 Å². The lowest BCUT2D eigenvalue weighted by molar-refractivity contribution is 0.0195. The van der Waals surface area contributed by atoms with Gasteiger partial charge in [0.2, 0.25) is 0 Å². The van der Waals surface area contributed by atoms with Crippen LogP contribution >= 0.6 is 0 Å². The highest BCUT2D eigenvalue weighted by Crippen LogP contribution is 2.22. The minimum Gasteiger partial charge on any atom is -0.392 e. The summed E-state index contributed by atoms with van der Waals surface area (Å²) < 4.78 is 13.4. The summed E-state index contributed by atoms with van der Waals surface area (Å²) in [4.78, 5) is 0. The molecule has 0 spiro atoms. The van der Waals surface area contributed by atoms with E-state index in [9.17, 15) is 14.6 Å². The van der Waals surface area contributed by atoms with Crippen molar-refractivity contribution in [3.8, 4) is 6.07 Å². The van der Waals surface area contributed by atoms with Gasteiger partial charge in [0.1, 0.15) is 11.9 Å². The number of aliphatic hydroxyl groups is 3. The molecule has 0 aliphatic rings. The van der Waals surface area contributed by atoms with Gasteiger partial charge in [-0.2, -0.15) is 5.26 Å². The Kier molecular flexibility index (Phi) is 4.38. The van der Waals surface area contributed by atoms with Crippen LogP contribution < -0.4 is 0 Å². The summed E-state index contributed by atoms with van der Waals surface area (Å²) in [5.74, 6) is -0.712. The van der Waals surface area contributed by atoms with Crippen LogP contribution in [0.3, 0.4) is 0 Å². The van der Waals surface area contributed by atoms with Gasteiger partial charge in [-0.3, -0.25) is 0 Å². The van der Waals surface area contributed by atoms with Crippen molar-refractivity contribution in [1.82, 2.24) is 0 Å². The fraction of sp³-hybridized carbons (Fsp3) is 0.364. The number of hydrogen-bond acceptors (Lipinski definition) is 4. The normalized spacial score (nSPS) is 14.2. The van der Waals surface area contributed by atoms with E-state index in [1.165, 1.54) is 12.1 Å². The molecule has 0 aliphatic carbocycles. The molecule has 1 aromatic rings. The predicted octanol–water partition coefficient (Wildman–Crippen LogP) is 0.626. The van der Waals surface area contributed by atoms with E-state index in [0.717, 1.165) is 6.07 Å². The molecule has 0 fully saturated rings. The summed E-state index contributed by atoms with van der Waals surface area (Å²) in [6.45, 7) is -0.298. The Morgan fingerprint density at radius 2 is 2.06 bits per heavy atom. The lowest BCUT2D eigenvalue weighted by Crippen LogP contribution is -2.18. The fourth-order valence-electron chi connectivity index (χ4n) is 1.32. The van der Waals surface area contributed by atoms with E-state index < -0.39 is 18.0 Å². The molecule has 3 N–H and O–H groups in total. The standard InChI is InChI=1S/C11H12FNO3/c12-9-5-7(6-14)1-2-8(9)11(16)10(15)3-4-13/h1-2,5,10-11,14-16H,3,6H2. The first-order chi connectivity index (χ1) is 7.60. The molecule has 4 nitrogen and oxygen atoms in total. The average molecular weight is 225 g/mol. The molecule has 2 atom stereocenters. The summed E-state index contributed by atoms with van der Waals surface area (Å²) in [6, 6.07) is 5.50. The highest BCUT2D eigenvalue weighted by atomic mass is 19.1. The number of benzene rings is 1. The third-order valence-electron chi connectivity index (χ3n) is 2.23. The topological polar surface area (TPSA) is 84.5 Å². The number of nitriles is 1. The number of aliphatic hydroxyl groups excluding tert-OH is 3. The average Bonchev–Trinajstić information content (AvgIpc) is 2.28. The predicted molar refractivity (Wildman–Crippen MR) is 53.5 cm³/mol. The van der Waals surface area contributed by atoms with Crippen molar-refractivity contribution in [2.75, 3.05) is 0 Å². The second-order valence-corrected chi connectivity index (χ2v) is 3.39. The van der Waals surface area contributed by atoms with Crippen LogP contribution in [0.2, 0.25) is 0 Å². The van der Waals surface area contributed by atoms with E-state index in [0.29, 0.717) is 5.56 Å². The van der Waals surface area contributed by atoms with Crippen LogP contribution in [0, 0.1) is 17.1 Å². The third-order valence-corrected chi connectivity index (χ3v) is 2.23. The van der Waals surface area contributed by atoms with Crippen molar-refractivity contribution in [1.29, 1.82) is 5.26 Å². The van der Waals surface area contributed by atoms with E-state index in [4.69, 9.17) is 10.4 Å². The summed E-state index contributed by atoms with van der Waals surface area (Å²) in [5.41, 5.74) is 0.295. The van der Waals surface area contributed by atoms with Gasteiger partial charge in [-0.25, -0.2) is 4.39 Å². The summed E-state index contributed by atoms with van der Waals surface area (Å²) in [7, 11) is 0. The van der Waals surface area contributed by atoms with Gasteiger partial charge in [0, 0.05) is 5.56 Å². The zero-order chi connectivity index (χ0) is 12.1. The number of rotatable bonds is 4. The highest BCUT2D eigenvalue weighted by Gasteiger charge is 2.21. The summed E-state index contributed by atoms with van der Waals surface area (Å²) in [6.07, 6.45) is -3.03. The number of hydrogen-bond donors (Lipinski definition) is 3.